The number of nitrogens with one attached hydrogen (secondary N) is 2. The number of rotatable bonds is 6. The van der Waals surface area contributed by atoms with Crippen molar-refractivity contribution in [2.45, 2.75) is 13.0 Å². The molecule has 0 spiro atoms. The monoisotopic (exact) mass is 286 g/mol. The molecule has 0 unspecified atom stereocenters. The molecule has 21 heavy (non-hydrogen) atoms. The molecule has 0 aromatic heterocycles. The van der Waals surface area contributed by atoms with Crippen molar-refractivity contribution in [1.82, 2.24) is 10.6 Å². The van der Waals surface area contributed by atoms with Crippen molar-refractivity contribution in [3.8, 4) is 0 Å². The number of halogens is 1. The second-order valence-electron chi connectivity index (χ2n) is 4.78. The number of amides is 1. The van der Waals surface area contributed by atoms with Gasteiger partial charge in [-0.3, -0.25) is 4.79 Å². The predicted octanol–water partition coefficient (Wildman–Crippen LogP) is 2.52. The lowest BCUT2D eigenvalue weighted by molar-refractivity contribution is 0.0949. The summed E-state index contributed by atoms with van der Waals surface area (Å²) in [5, 5.41) is 5.84. The molecular weight excluding hydrogens is 267 g/mol. The highest BCUT2D eigenvalue weighted by molar-refractivity contribution is 5.95. The van der Waals surface area contributed by atoms with E-state index < -0.39 is 0 Å². The molecule has 0 saturated heterocycles. The summed E-state index contributed by atoms with van der Waals surface area (Å²) in [5.74, 6) is -0.480. The number of carbonyl (C=O) groups excluding carboxylic acids is 1. The van der Waals surface area contributed by atoms with Gasteiger partial charge < -0.3 is 10.6 Å². The van der Waals surface area contributed by atoms with Crippen molar-refractivity contribution in [3.05, 3.63) is 71.0 Å². The van der Waals surface area contributed by atoms with Gasteiger partial charge in [0.25, 0.3) is 5.91 Å². The van der Waals surface area contributed by atoms with Gasteiger partial charge in [-0.15, -0.1) is 0 Å². The van der Waals surface area contributed by atoms with Gasteiger partial charge in [-0.2, -0.15) is 0 Å². The minimum Gasteiger partial charge on any atom is -0.348 e. The van der Waals surface area contributed by atoms with E-state index >= 15 is 0 Å². The van der Waals surface area contributed by atoms with E-state index in [1.807, 2.05) is 25.2 Å². The summed E-state index contributed by atoms with van der Waals surface area (Å²) in [4.78, 5) is 12.3. The highest BCUT2D eigenvalue weighted by atomic mass is 19.1. The SMILES string of the molecule is CNCCc1ccccc1C(=O)NCc1ccccc1F. The predicted molar refractivity (Wildman–Crippen MR) is 81.6 cm³/mol. The normalized spacial score (nSPS) is 10.4. The Morgan fingerprint density at radius 1 is 1.05 bits per heavy atom. The van der Waals surface area contributed by atoms with E-state index in [0.717, 1.165) is 18.5 Å². The van der Waals surface area contributed by atoms with Crippen LogP contribution in [-0.4, -0.2) is 19.5 Å². The van der Waals surface area contributed by atoms with Gasteiger partial charge in [0.15, 0.2) is 0 Å². The Balaban J connectivity index is 2.05. The summed E-state index contributed by atoms with van der Waals surface area (Å²) >= 11 is 0. The third-order valence-electron chi connectivity index (χ3n) is 3.30. The number of hydrogen-bond donors (Lipinski definition) is 2. The maximum Gasteiger partial charge on any atom is 0.251 e. The second-order valence-corrected chi connectivity index (χ2v) is 4.78. The van der Waals surface area contributed by atoms with Crippen LogP contribution in [0.25, 0.3) is 0 Å². The Morgan fingerprint density at radius 3 is 2.43 bits per heavy atom. The zero-order chi connectivity index (χ0) is 15.1. The summed E-state index contributed by atoms with van der Waals surface area (Å²) in [6.45, 7) is 0.990. The molecule has 2 aromatic carbocycles. The molecule has 2 N–H and O–H groups in total. The summed E-state index contributed by atoms with van der Waals surface area (Å²) in [6.07, 6.45) is 0.778. The maximum absolute atomic E-state index is 13.5. The lowest BCUT2D eigenvalue weighted by Crippen LogP contribution is -2.25. The smallest absolute Gasteiger partial charge is 0.251 e. The highest BCUT2D eigenvalue weighted by Crippen LogP contribution is 2.11. The third-order valence-corrected chi connectivity index (χ3v) is 3.30. The second kappa shape index (κ2) is 7.55. The van der Waals surface area contributed by atoms with Crippen LogP contribution in [-0.2, 0) is 13.0 Å². The standard InChI is InChI=1S/C17H19FN2O/c1-19-11-10-13-6-2-4-8-15(13)17(21)20-12-14-7-3-5-9-16(14)18/h2-9,19H,10-12H2,1H3,(H,20,21). The van der Waals surface area contributed by atoms with Gasteiger partial charge in [0.2, 0.25) is 0 Å². The molecule has 0 bridgehead atoms. The van der Waals surface area contributed by atoms with Gasteiger partial charge in [-0.25, -0.2) is 4.39 Å². The van der Waals surface area contributed by atoms with Crippen molar-refractivity contribution in [1.29, 1.82) is 0 Å². The van der Waals surface area contributed by atoms with Crippen molar-refractivity contribution in [3.63, 3.8) is 0 Å². The molecule has 1 amide bonds. The summed E-state index contributed by atoms with van der Waals surface area (Å²) in [6, 6.07) is 13.9. The van der Waals surface area contributed by atoms with Crippen molar-refractivity contribution in [2.24, 2.45) is 0 Å². The van der Waals surface area contributed by atoms with E-state index in [2.05, 4.69) is 10.6 Å². The summed E-state index contributed by atoms with van der Waals surface area (Å²) < 4.78 is 13.5. The molecule has 0 fully saturated rings. The minimum atomic E-state index is -0.304. The molecule has 3 nitrogen and oxygen atoms in total. The first-order chi connectivity index (χ1) is 10.2. The zero-order valence-electron chi connectivity index (χ0n) is 12.0. The van der Waals surface area contributed by atoms with Crippen LogP contribution in [0.1, 0.15) is 21.5 Å². The van der Waals surface area contributed by atoms with Crippen LogP contribution in [0.4, 0.5) is 4.39 Å². The lowest BCUT2D eigenvalue weighted by Gasteiger charge is -2.10. The van der Waals surface area contributed by atoms with Crippen LogP contribution in [0.3, 0.4) is 0 Å². The average molecular weight is 286 g/mol. The molecule has 4 heteroatoms. The van der Waals surface area contributed by atoms with Crippen LogP contribution < -0.4 is 10.6 Å². The quantitative estimate of drug-likeness (QED) is 0.856. The van der Waals surface area contributed by atoms with Gasteiger partial charge in [0.1, 0.15) is 5.82 Å². The van der Waals surface area contributed by atoms with E-state index in [9.17, 15) is 9.18 Å². The van der Waals surface area contributed by atoms with E-state index in [0.29, 0.717) is 11.1 Å². The van der Waals surface area contributed by atoms with Crippen molar-refractivity contribution >= 4 is 5.91 Å². The fourth-order valence-corrected chi connectivity index (χ4v) is 2.13. The highest BCUT2D eigenvalue weighted by Gasteiger charge is 2.11. The molecule has 0 radical (unpaired) electrons. The molecule has 0 atom stereocenters. The maximum atomic E-state index is 13.5. The molecule has 0 aliphatic heterocycles. The minimum absolute atomic E-state index is 0.176. The Morgan fingerprint density at radius 2 is 1.71 bits per heavy atom. The van der Waals surface area contributed by atoms with E-state index in [4.69, 9.17) is 0 Å². The molecule has 0 aliphatic rings. The van der Waals surface area contributed by atoms with Gasteiger partial charge in [0, 0.05) is 17.7 Å². The van der Waals surface area contributed by atoms with Gasteiger partial charge >= 0.3 is 0 Å². The van der Waals surface area contributed by atoms with Gasteiger partial charge in [-0.1, -0.05) is 36.4 Å². The number of hydrogen-bond acceptors (Lipinski definition) is 2. The zero-order valence-corrected chi connectivity index (χ0v) is 12.0. The Kier molecular flexibility index (Phi) is 5.46. The molecule has 2 aromatic rings. The van der Waals surface area contributed by atoms with E-state index in [-0.39, 0.29) is 18.3 Å². The van der Waals surface area contributed by atoms with Crippen molar-refractivity contribution in [2.75, 3.05) is 13.6 Å². The molecule has 110 valence electrons. The van der Waals surface area contributed by atoms with Crippen LogP contribution in [0.15, 0.2) is 48.5 Å². The Bertz CT molecular complexity index is 613. The van der Waals surface area contributed by atoms with Crippen LogP contribution in [0.5, 0.6) is 0 Å². The fourth-order valence-electron chi connectivity index (χ4n) is 2.13. The van der Waals surface area contributed by atoms with Crippen molar-refractivity contribution < 1.29 is 9.18 Å². The van der Waals surface area contributed by atoms with E-state index in [1.54, 1.807) is 24.3 Å². The molecule has 0 aliphatic carbocycles. The number of benzene rings is 2. The fraction of sp³-hybridized carbons (Fsp3) is 0.235. The number of carbonyl (C=O) groups is 1. The number of likely N-dealkylation sites (N-methyl/N-ethyl adjacent to an activating group) is 1. The van der Waals surface area contributed by atoms with Crippen LogP contribution in [0, 0.1) is 5.82 Å². The topological polar surface area (TPSA) is 41.1 Å². The van der Waals surface area contributed by atoms with Crippen LogP contribution >= 0.6 is 0 Å². The molecular formula is C17H19FN2O. The average Bonchev–Trinajstić information content (AvgIpc) is 2.52. The molecule has 2 rings (SSSR count). The van der Waals surface area contributed by atoms with Gasteiger partial charge in [-0.05, 0) is 37.7 Å². The first kappa shape index (κ1) is 15.2. The van der Waals surface area contributed by atoms with Gasteiger partial charge in [0.05, 0.1) is 0 Å². The van der Waals surface area contributed by atoms with E-state index in [1.165, 1.54) is 6.07 Å². The third kappa shape index (κ3) is 4.13. The summed E-state index contributed by atoms with van der Waals surface area (Å²) in [7, 11) is 1.88. The molecule has 0 heterocycles. The largest absolute Gasteiger partial charge is 0.348 e. The first-order valence-corrected chi connectivity index (χ1v) is 6.96. The Hall–Kier alpha value is -2.20. The lowest BCUT2D eigenvalue weighted by atomic mass is 10.0. The molecule has 0 saturated carbocycles. The first-order valence-electron chi connectivity index (χ1n) is 6.96. The Labute approximate surface area is 124 Å². The summed E-state index contributed by atoms with van der Waals surface area (Å²) in [5.41, 5.74) is 2.11. The van der Waals surface area contributed by atoms with Crippen LogP contribution in [0.2, 0.25) is 0 Å².